The van der Waals surface area contributed by atoms with Crippen molar-refractivity contribution in [3.05, 3.63) is 83.8 Å². The van der Waals surface area contributed by atoms with E-state index >= 15 is 0 Å². The lowest BCUT2D eigenvalue weighted by molar-refractivity contribution is -0.137. The van der Waals surface area contributed by atoms with E-state index in [1.807, 2.05) is 18.2 Å². The van der Waals surface area contributed by atoms with E-state index in [-0.39, 0.29) is 5.69 Å². The summed E-state index contributed by atoms with van der Waals surface area (Å²) in [7, 11) is 0. The zero-order chi connectivity index (χ0) is 26.4. The van der Waals surface area contributed by atoms with Crippen molar-refractivity contribution in [2.75, 3.05) is 25.0 Å². The molecule has 1 aliphatic heterocycles. The Morgan fingerprint density at radius 3 is 2.37 bits per heavy atom. The van der Waals surface area contributed by atoms with E-state index < -0.39 is 11.7 Å². The lowest BCUT2D eigenvalue weighted by Crippen LogP contribution is -2.28. The predicted octanol–water partition coefficient (Wildman–Crippen LogP) is 7.13. The first kappa shape index (κ1) is 26.1. The molecule has 1 saturated heterocycles. The molecule has 0 amide bonds. The molecule has 2 aromatic carbocycles. The third-order valence-electron chi connectivity index (χ3n) is 6.99. The average molecular weight is 520 g/mol. The molecule has 198 valence electrons. The molecule has 5 nitrogen and oxygen atoms in total. The molecular formula is C30H32F3N5. The van der Waals surface area contributed by atoms with Crippen LogP contribution in [0, 0.1) is 0 Å². The molecule has 8 heteroatoms. The monoisotopic (exact) mass is 519 g/mol. The van der Waals surface area contributed by atoms with E-state index in [2.05, 4.69) is 27.3 Å². The van der Waals surface area contributed by atoms with Gasteiger partial charge in [0.1, 0.15) is 11.6 Å². The molecule has 4 aromatic rings. The maximum absolute atomic E-state index is 13.7. The minimum atomic E-state index is -4.50. The summed E-state index contributed by atoms with van der Waals surface area (Å²) in [5.41, 5.74) is 1.37. The second kappa shape index (κ2) is 11.9. The Morgan fingerprint density at radius 1 is 0.842 bits per heavy atom. The van der Waals surface area contributed by atoms with Crippen LogP contribution in [-0.4, -0.2) is 39.5 Å². The van der Waals surface area contributed by atoms with Gasteiger partial charge in [-0.25, -0.2) is 9.97 Å². The third kappa shape index (κ3) is 6.48. The highest BCUT2D eigenvalue weighted by atomic mass is 19.4. The second-order valence-electron chi connectivity index (χ2n) is 9.82. The standard InChI is InChI=1S/C30H32F3N5/c31-30(32,33)25-12-9-16-34-28(25)23-13-14-24-26(20-23)36-27(21-38-18-7-2-1-3-8-19-38)37-29(24)35-17-15-22-10-5-4-6-11-22/h4-6,9-14,16,20H,1-3,7-8,15,17-19,21H2,(H,35,36,37). The van der Waals surface area contributed by atoms with Crippen molar-refractivity contribution in [1.82, 2.24) is 19.9 Å². The summed E-state index contributed by atoms with van der Waals surface area (Å²) in [6, 6.07) is 17.8. The number of aromatic nitrogens is 3. The lowest BCUT2D eigenvalue weighted by Gasteiger charge is -2.24. The maximum atomic E-state index is 13.7. The molecule has 0 spiro atoms. The highest BCUT2D eigenvalue weighted by molar-refractivity contribution is 5.92. The summed E-state index contributed by atoms with van der Waals surface area (Å²) in [5, 5.41) is 4.25. The first-order valence-corrected chi connectivity index (χ1v) is 13.3. The highest BCUT2D eigenvalue weighted by Gasteiger charge is 2.34. The van der Waals surface area contributed by atoms with Gasteiger partial charge in [-0.1, -0.05) is 55.7 Å². The van der Waals surface area contributed by atoms with Crippen molar-refractivity contribution >= 4 is 16.7 Å². The number of hydrogen-bond donors (Lipinski definition) is 1. The van der Waals surface area contributed by atoms with Crippen LogP contribution in [0.15, 0.2) is 66.9 Å². The number of halogens is 3. The van der Waals surface area contributed by atoms with Crippen molar-refractivity contribution in [3.63, 3.8) is 0 Å². The van der Waals surface area contributed by atoms with Crippen molar-refractivity contribution in [3.8, 4) is 11.3 Å². The zero-order valence-electron chi connectivity index (χ0n) is 21.3. The van der Waals surface area contributed by atoms with E-state index in [9.17, 15) is 13.2 Å². The Bertz CT molecular complexity index is 1350. The molecular weight excluding hydrogens is 487 g/mol. The van der Waals surface area contributed by atoms with Gasteiger partial charge in [0.05, 0.1) is 23.3 Å². The zero-order valence-corrected chi connectivity index (χ0v) is 21.3. The molecule has 0 aliphatic carbocycles. The van der Waals surface area contributed by atoms with Gasteiger partial charge in [-0.15, -0.1) is 0 Å². The minimum Gasteiger partial charge on any atom is -0.369 e. The summed E-state index contributed by atoms with van der Waals surface area (Å²) in [6.45, 7) is 3.30. The fourth-order valence-corrected chi connectivity index (χ4v) is 5.04. The highest BCUT2D eigenvalue weighted by Crippen LogP contribution is 2.36. The van der Waals surface area contributed by atoms with E-state index in [4.69, 9.17) is 9.97 Å². The first-order chi connectivity index (χ1) is 18.5. The van der Waals surface area contributed by atoms with Gasteiger partial charge in [-0.3, -0.25) is 9.88 Å². The minimum absolute atomic E-state index is 0.0931. The molecule has 5 rings (SSSR count). The van der Waals surface area contributed by atoms with Crippen LogP contribution in [0.5, 0.6) is 0 Å². The topological polar surface area (TPSA) is 53.9 Å². The first-order valence-electron chi connectivity index (χ1n) is 13.3. The summed E-state index contributed by atoms with van der Waals surface area (Å²) in [4.78, 5) is 16.2. The van der Waals surface area contributed by atoms with Gasteiger partial charge in [0.15, 0.2) is 0 Å². The number of anilines is 1. The summed E-state index contributed by atoms with van der Waals surface area (Å²) < 4.78 is 41.1. The van der Waals surface area contributed by atoms with Crippen LogP contribution >= 0.6 is 0 Å². The molecule has 0 radical (unpaired) electrons. The Hall–Kier alpha value is -3.52. The van der Waals surface area contributed by atoms with Gasteiger partial charge in [0, 0.05) is 23.7 Å². The molecule has 0 unspecified atom stereocenters. The van der Waals surface area contributed by atoms with Crippen LogP contribution in [0.1, 0.15) is 49.1 Å². The van der Waals surface area contributed by atoms with E-state index in [1.54, 1.807) is 18.2 Å². The molecule has 38 heavy (non-hydrogen) atoms. The molecule has 2 aromatic heterocycles. The Morgan fingerprint density at radius 2 is 1.61 bits per heavy atom. The van der Waals surface area contributed by atoms with E-state index in [0.717, 1.165) is 43.8 Å². The van der Waals surface area contributed by atoms with E-state index in [0.29, 0.717) is 35.8 Å². The number of nitrogens with one attached hydrogen (secondary N) is 1. The molecule has 0 saturated carbocycles. The predicted molar refractivity (Wildman–Crippen MR) is 145 cm³/mol. The van der Waals surface area contributed by atoms with Crippen LogP contribution in [0.3, 0.4) is 0 Å². The number of pyridine rings is 1. The Balaban J connectivity index is 1.49. The third-order valence-corrected chi connectivity index (χ3v) is 6.99. The van der Waals surface area contributed by atoms with Gasteiger partial charge < -0.3 is 5.32 Å². The van der Waals surface area contributed by atoms with Gasteiger partial charge in [0.2, 0.25) is 0 Å². The molecule has 1 N–H and O–H groups in total. The summed E-state index contributed by atoms with van der Waals surface area (Å²) in [6.07, 6.45) is 3.77. The molecule has 3 heterocycles. The average Bonchev–Trinajstić information content (AvgIpc) is 2.90. The van der Waals surface area contributed by atoms with Crippen LogP contribution < -0.4 is 5.32 Å². The number of rotatable bonds is 7. The van der Waals surface area contributed by atoms with Gasteiger partial charge >= 0.3 is 6.18 Å². The van der Waals surface area contributed by atoms with Crippen molar-refractivity contribution in [1.29, 1.82) is 0 Å². The van der Waals surface area contributed by atoms with Crippen molar-refractivity contribution < 1.29 is 13.2 Å². The van der Waals surface area contributed by atoms with Crippen LogP contribution in [-0.2, 0) is 19.1 Å². The molecule has 1 fully saturated rings. The van der Waals surface area contributed by atoms with Gasteiger partial charge in [-0.05, 0) is 62.2 Å². The number of nitrogens with zero attached hydrogens (tertiary/aromatic N) is 4. The van der Waals surface area contributed by atoms with Crippen LogP contribution in [0.4, 0.5) is 19.0 Å². The lowest BCUT2D eigenvalue weighted by atomic mass is 10.0. The number of fused-ring (bicyclic) bond motifs is 1. The van der Waals surface area contributed by atoms with E-state index in [1.165, 1.54) is 37.1 Å². The smallest absolute Gasteiger partial charge is 0.369 e. The number of benzene rings is 2. The summed E-state index contributed by atoms with van der Waals surface area (Å²) >= 11 is 0. The largest absolute Gasteiger partial charge is 0.418 e. The number of likely N-dealkylation sites (tertiary alicyclic amines) is 1. The molecule has 0 bridgehead atoms. The second-order valence-corrected chi connectivity index (χ2v) is 9.82. The Labute approximate surface area is 221 Å². The quantitative estimate of drug-likeness (QED) is 0.281. The molecule has 0 atom stereocenters. The van der Waals surface area contributed by atoms with Crippen molar-refractivity contribution in [2.45, 2.75) is 51.2 Å². The fraction of sp³-hybridized carbons (Fsp3) is 0.367. The number of hydrogen-bond acceptors (Lipinski definition) is 5. The van der Waals surface area contributed by atoms with Gasteiger partial charge in [0.25, 0.3) is 0 Å². The van der Waals surface area contributed by atoms with Crippen LogP contribution in [0.2, 0.25) is 0 Å². The van der Waals surface area contributed by atoms with Crippen molar-refractivity contribution in [2.24, 2.45) is 0 Å². The summed E-state index contributed by atoms with van der Waals surface area (Å²) in [5.74, 6) is 1.38. The Kier molecular flexibility index (Phi) is 8.17. The normalized spacial score (nSPS) is 15.2. The fourth-order valence-electron chi connectivity index (χ4n) is 5.04. The van der Waals surface area contributed by atoms with Crippen LogP contribution in [0.25, 0.3) is 22.2 Å². The number of alkyl halides is 3. The maximum Gasteiger partial charge on any atom is 0.418 e. The SMILES string of the molecule is FC(F)(F)c1cccnc1-c1ccc2c(NCCc3ccccc3)nc(CN3CCCCCCC3)nc2c1. The molecule has 1 aliphatic rings. The van der Waals surface area contributed by atoms with Gasteiger partial charge in [-0.2, -0.15) is 13.2 Å².